The van der Waals surface area contributed by atoms with Crippen molar-refractivity contribution in [2.45, 2.75) is 19.9 Å². The maximum atomic E-state index is 14.2. The summed E-state index contributed by atoms with van der Waals surface area (Å²) in [6.07, 6.45) is 2.23. The molecule has 154 valence electrons. The maximum absolute atomic E-state index is 14.2. The first-order valence-corrected chi connectivity index (χ1v) is 9.63. The first-order valence-electron chi connectivity index (χ1n) is 9.63. The molecule has 0 unspecified atom stereocenters. The van der Waals surface area contributed by atoms with Crippen molar-refractivity contribution in [2.75, 3.05) is 6.54 Å². The molecule has 1 amide bonds. The van der Waals surface area contributed by atoms with Crippen LogP contribution in [0, 0.1) is 18.6 Å². The van der Waals surface area contributed by atoms with Gasteiger partial charge in [-0.3, -0.25) is 9.48 Å². The highest BCUT2D eigenvalue weighted by Crippen LogP contribution is 2.25. The number of halogens is 2. The zero-order valence-electron chi connectivity index (χ0n) is 16.7. The van der Waals surface area contributed by atoms with E-state index in [1.165, 1.54) is 16.9 Å². The third-order valence-electron chi connectivity index (χ3n) is 4.95. The molecule has 0 aliphatic heterocycles. The van der Waals surface area contributed by atoms with Gasteiger partial charge in [0, 0.05) is 38.0 Å². The summed E-state index contributed by atoms with van der Waals surface area (Å²) in [5.74, 6) is -0.872. The van der Waals surface area contributed by atoms with E-state index in [0.717, 1.165) is 29.0 Å². The Bertz CT molecular complexity index is 1230. The van der Waals surface area contributed by atoms with Crippen LogP contribution in [0.1, 0.15) is 22.6 Å². The van der Waals surface area contributed by atoms with Crippen LogP contribution >= 0.6 is 0 Å². The standard InChI is InChI=1S/C22H21F2N5O/c1-14-26-19-6-3-4-7-20(19)29(14)11-5-10-25-22(30)17-13-28(2)27-21(17)16-9-8-15(23)12-18(16)24/h3-4,6-9,12-13H,5,10-11H2,1-2H3,(H,25,30). The van der Waals surface area contributed by atoms with Gasteiger partial charge in [-0.15, -0.1) is 0 Å². The van der Waals surface area contributed by atoms with Crippen LogP contribution in [0.4, 0.5) is 8.78 Å². The van der Waals surface area contributed by atoms with Crippen molar-refractivity contribution >= 4 is 16.9 Å². The summed E-state index contributed by atoms with van der Waals surface area (Å²) in [4.78, 5) is 17.2. The van der Waals surface area contributed by atoms with Gasteiger partial charge in [0.05, 0.1) is 16.6 Å². The van der Waals surface area contributed by atoms with E-state index < -0.39 is 11.6 Å². The Morgan fingerprint density at radius 1 is 1.17 bits per heavy atom. The van der Waals surface area contributed by atoms with Crippen LogP contribution < -0.4 is 5.32 Å². The molecule has 4 rings (SSSR count). The average molecular weight is 409 g/mol. The minimum absolute atomic E-state index is 0.0858. The summed E-state index contributed by atoms with van der Waals surface area (Å²) in [6, 6.07) is 11.1. The van der Waals surface area contributed by atoms with Crippen molar-refractivity contribution in [3.63, 3.8) is 0 Å². The fourth-order valence-electron chi connectivity index (χ4n) is 3.55. The van der Waals surface area contributed by atoms with Crippen LogP contribution in [0.2, 0.25) is 0 Å². The molecule has 0 radical (unpaired) electrons. The van der Waals surface area contributed by atoms with E-state index in [-0.39, 0.29) is 22.7 Å². The van der Waals surface area contributed by atoms with E-state index in [4.69, 9.17) is 0 Å². The number of para-hydroxylation sites is 2. The second kappa shape index (κ2) is 8.06. The molecule has 0 aliphatic rings. The topological polar surface area (TPSA) is 64.7 Å². The highest BCUT2D eigenvalue weighted by molar-refractivity contribution is 5.99. The van der Waals surface area contributed by atoms with Crippen LogP contribution in [0.3, 0.4) is 0 Å². The number of hydrogen-bond donors (Lipinski definition) is 1. The number of rotatable bonds is 6. The van der Waals surface area contributed by atoms with Gasteiger partial charge in [-0.1, -0.05) is 12.1 Å². The molecule has 6 nitrogen and oxygen atoms in total. The first kappa shape index (κ1) is 19.8. The number of fused-ring (bicyclic) bond motifs is 1. The van der Waals surface area contributed by atoms with E-state index in [1.807, 2.05) is 31.2 Å². The van der Waals surface area contributed by atoms with Gasteiger partial charge < -0.3 is 9.88 Å². The van der Waals surface area contributed by atoms with E-state index in [2.05, 4.69) is 20.0 Å². The largest absolute Gasteiger partial charge is 0.352 e. The molecular formula is C22H21F2N5O. The molecule has 2 aromatic heterocycles. The van der Waals surface area contributed by atoms with Crippen LogP contribution in [0.25, 0.3) is 22.3 Å². The molecule has 8 heteroatoms. The molecule has 0 fully saturated rings. The normalized spacial score (nSPS) is 11.2. The highest BCUT2D eigenvalue weighted by Gasteiger charge is 2.20. The quantitative estimate of drug-likeness (QED) is 0.492. The van der Waals surface area contributed by atoms with Gasteiger partial charge in [0.15, 0.2) is 0 Å². The smallest absolute Gasteiger partial charge is 0.255 e. The number of benzene rings is 2. The lowest BCUT2D eigenvalue weighted by Crippen LogP contribution is -2.25. The number of hydrogen-bond acceptors (Lipinski definition) is 3. The van der Waals surface area contributed by atoms with Crippen LogP contribution in [-0.2, 0) is 13.6 Å². The Balaban J connectivity index is 1.44. The number of amides is 1. The summed E-state index contributed by atoms with van der Waals surface area (Å²) >= 11 is 0. The van der Waals surface area contributed by atoms with E-state index >= 15 is 0 Å². The number of carbonyl (C=O) groups is 1. The predicted molar refractivity (Wildman–Crippen MR) is 110 cm³/mol. The van der Waals surface area contributed by atoms with E-state index in [9.17, 15) is 13.6 Å². The van der Waals surface area contributed by atoms with Gasteiger partial charge in [-0.05, 0) is 37.6 Å². The Labute approximate surface area is 172 Å². The van der Waals surface area contributed by atoms with Crippen LogP contribution in [0.15, 0.2) is 48.7 Å². The Hall–Kier alpha value is -3.55. The third kappa shape index (κ3) is 3.80. The van der Waals surface area contributed by atoms with Gasteiger partial charge in [-0.25, -0.2) is 13.8 Å². The van der Waals surface area contributed by atoms with Crippen molar-refractivity contribution in [3.05, 3.63) is 71.7 Å². The number of carbonyl (C=O) groups excluding carboxylic acids is 1. The van der Waals surface area contributed by atoms with Crippen molar-refractivity contribution in [1.29, 1.82) is 0 Å². The van der Waals surface area contributed by atoms with Gasteiger partial charge in [0.25, 0.3) is 5.91 Å². The van der Waals surface area contributed by atoms with Crippen molar-refractivity contribution in [3.8, 4) is 11.3 Å². The molecule has 4 aromatic rings. The SMILES string of the molecule is Cc1nc2ccccc2n1CCCNC(=O)c1cn(C)nc1-c1ccc(F)cc1F. The summed E-state index contributed by atoms with van der Waals surface area (Å²) in [5.41, 5.74) is 2.52. The summed E-state index contributed by atoms with van der Waals surface area (Å²) in [5, 5.41) is 7.05. The maximum Gasteiger partial charge on any atom is 0.255 e. The average Bonchev–Trinajstić information content (AvgIpc) is 3.24. The molecule has 0 atom stereocenters. The lowest BCUT2D eigenvalue weighted by molar-refractivity contribution is 0.0953. The number of nitrogens with zero attached hydrogens (tertiary/aromatic N) is 4. The van der Waals surface area contributed by atoms with Gasteiger partial charge in [0.1, 0.15) is 23.2 Å². The fourth-order valence-corrected chi connectivity index (χ4v) is 3.55. The zero-order chi connectivity index (χ0) is 21.3. The van der Waals surface area contributed by atoms with Crippen LogP contribution in [0.5, 0.6) is 0 Å². The second-order valence-electron chi connectivity index (χ2n) is 7.10. The molecule has 0 spiro atoms. The second-order valence-corrected chi connectivity index (χ2v) is 7.10. The number of nitrogens with one attached hydrogen (secondary N) is 1. The Kier molecular flexibility index (Phi) is 5.31. The Morgan fingerprint density at radius 2 is 1.97 bits per heavy atom. The minimum atomic E-state index is -0.759. The number of aromatic nitrogens is 4. The molecule has 30 heavy (non-hydrogen) atoms. The molecule has 0 bridgehead atoms. The first-order chi connectivity index (χ1) is 14.4. The third-order valence-corrected chi connectivity index (χ3v) is 4.95. The molecule has 0 aliphatic carbocycles. The molecule has 2 heterocycles. The lowest BCUT2D eigenvalue weighted by atomic mass is 10.1. The predicted octanol–water partition coefficient (Wildman–Crippen LogP) is 3.84. The fraction of sp³-hybridized carbons (Fsp3) is 0.227. The zero-order valence-corrected chi connectivity index (χ0v) is 16.7. The van der Waals surface area contributed by atoms with Gasteiger partial charge in [-0.2, -0.15) is 5.10 Å². The highest BCUT2D eigenvalue weighted by atomic mass is 19.1. The molecule has 2 aromatic carbocycles. The van der Waals surface area contributed by atoms with Gasteiger partial charge in [0.2, 0.25) is 0 Å². The summed E-state index contributed by atoms with van der Waals surface area (Å²) in [6.45, 7) is 3.10. The minimum Gasteiger partial charge on any atom is -0.352 e. The van der Waals surface area contributed by atoms with Gasteiger partial charge >= 0.3 is 0 Å². The molecule has 1 N–H and O–H groups in total. The molecule has 0 saturated heterocycles. The van der Waals surface area contributed by atoms with Crippen molar-refractivity contribution in [2.24, 2.45) is 7.05 Å². The van der Waals surface area contributed by atoms with Crippen molar-refractivity contribution in [1.82, 2.24) is 24.6 Å². The lowest BCUT2D eigenvalue weighted by Gasteiger charge is -2.09. The number of imidazole rings is 1. The number of aryl methyl sites for hydroxylation is 3. The van der Waals surface area contributed by atoms with Crippen LogP contribution in [-0.4, -0.2) is 31.8 Å². The van der Waals surface area contributed by atoms with E-state index in [1.54, 1.807) is 7.05 Å². The van der Waals surface area contributed by atoms with E-state index in [0.29, 0.717) is 19.5 Å². The molecule has 0 saturated carbocycles. The molecular weight excluding hydrogens is 388 g/mol. The Morgan fingerprint density at radius 3 is 2.77 bits per heavy atom. The monoisotopic (exact) mass is 409 g/mol. The summed E-state index contributed by atoms with van der Waals surface area (Å²) < 4.78 is 31.0. The van der Waals surface area contributed by atoms with Crippen molar-refractivity contribution < 1.29 is 13.6 Å². The summed E-state index contributed by atoms with van der Waals surface area (Å²) in [7, 11) is 1.65.